The third-order valence-corrected chi connectivity index (χ3v) is 3.73. The predicted octanol–water partition coefficient (Wildman–Crippen LogP) is 3.49. The number of nitrogens with one attached hydrogen (secondary N) is 2. The number of aryl methyl sites for hydroxylation is 1. The second-order valence-corrected chi connectivity index (χ2v) is 5.19. The lowest BCUT2D eigenvalue weighted by molar-refractivity contribution is -0.118. The third kappa shape index (κ3) is 3.07. The zero-order valence-electron chi connectivity index (χ0n) is 12.2. The summed E-state index contributed by atoms with van der Waals surface area (Å²) in [5.41, 5.74) is 1.99. The Morgan fingerprint density at radius 1 is 1.35 bits per heavy atom. The highest BCUT2D eigenvalue weighted by atomic mass is 16.2. The quantitative estimate of drug-likeness (QED) is 0.874. The van der Waals surface area contributed by atoms with Crippen molar-refractivity contribution in [1.82, 2.24) is 10.2 Å². The van der Waals surface area contributed by atoms with E-state index in [-0.39, 0.29) is 17.7 Å². The number of carbonyl (C=O) groups is 1. The first-order chi connectivity index (χ1) is 9.63. The molecule has 2 rings (SSSR count). The normalized spacial score (nSPS) is 13.8. The second kappa shape index (κ2) is 6.37. The monoisotopic (exact) mass is 271 g/mol. The Morgan fingerprint density at radius 3 is 2.60 bits per heavy atom. The van der Waals surface area contributed by atoms with Gasteiger partial charge in [0.1, 0.15) is 5.82 Å². The summed E-state index contributed by atoms with van der Waals surface area (Å²) >= 11 is 0. The maximum absolute atomic E-state index is 12.6. The molecule has 1 heterocycles. The smallest absolute Gasteiger partial charge is 0.233 e. The summed E-state index contributed by atoms with van der Waals surface area (Å²) < 4.78 is 0. The van der Waals surface area contributed by atoms with Crippen LogP contribution in [0.4, 0.5) is 5.82 Å². The van der Waals surface area contributed by atoms with E-state index in [1.165, 1.54) is 0 Å². The lowest BCUT2D eigenvalue weighted by Crippen LogP contribution is -2.26. The minimum atomic E-state index is -0.149. The van der Waals surface area contributed by atoms with E-state index < -0.39 is 0 Å². The van der Waals surface area contributed by atoms with Gasteiger partial charge in [-0.25, -0.2) is 0 Å². The molecule has 20 heavy (non-hydrogen) atoms. The molecule has 0 radical (unpaired) electrons. The molecule has 0 aliphatic rings. The van der Waals surface area contributed by atoms with Gasteiger partial charge in [-0.15, -0.1) is 0 Å². The molecular weight excluding hydrogens is 250 g/mol. The van der Waals surface area contributed by atoms with Gasteiger partial charge >= 0.3 is 0 Å². The van der Waals surface area contributed by atoms with E-state index >= 15 is 0 Å². The van der Waals surface area contributed by atoms with Crippen LogP contribution >= 0.6 is 0 Å². The molecule has 4 heteroatoms. The van der Waals surface area contributed by atoms with Gasteiger partial charge in [-0.1, -0.05) is 50.6 Å². The predicted molar refractivity (Wildman–Crippen MR) is 80.6 cm³/mol. The van der Waals surface area contributed by atoms with Crippen LogP contribution in [0.25, 0.3) is 0 Å². The van der Waals surface area contributed by atoms with Crippen molar-refractivity contribution in [2.45, 2.75) is 33.1 Å². The Bertz CT molecular complexity index is 562. The van der Waals surface area contributed by atoms with Crippen LogP contribution in [0, 0.1) is 12.8 Å². The van der Waals surface area contributed by atoms with Gasteiger partial charge < -0.3 is 5.32 Å². The highest BCUT2D eigenvalue weighted by Crippen LogP contribution is 2.28. The molecule has 0 aliphatic carbocycles. The summed E-state index contributed by atoms with van der Waals surface area (Å²) in [7, 11) is 0. The van der Waals surface area contributed by atoms with E-state index in [2.05, 4.69) is 29.4 Å². The fraction of sp³-hybridized carbons (Fsp3) is 0.375. The molecule has 1 amide bonds. The van der Waals surface area contributed by atoms with Crippen LogP contribution in [0.2, 0.25) is 0 Å². The van der Waals surface area contributed by atoms with Crippen molar-refractivity contribution in [1.29, 1.82) is 0 Å². The topological polar surface area (TPSA) is 57.8 Å². The van der Waals surface area contributed by atoms with Crippen LogP contribution in [-0.2, 0) is 4.79 Å². The number of rotatable bonds is 5. The number of hydrogen-bond acceptors (Lipinski definition) is 2. The molecule has 0 bridgehead atoms. The number of carbonyl (C=O) groups excluding carboxylic acids is 1. The summed E-state index contributed by atoms with van der Waals surface area (Å²) in [6, 6.07) is 9.93. The number of amides is 1. The van der Waals surface area contributed by atoms with Gasteiger partial charge in [0.25, 0.3) is 0 Å². The van der Waals surface area contributed by atoms with Crippen molar-refractivity contribution in [3.8, 4) is 0 Å². The van der Waals surface area contributed by atoms with Gasteiger partial charge in [-0.05, 0) is 18.4 Å². The van der Waals surface area contributed by atoms with E-state index in [1.54, 1.807) is 6.20 Å². The molecule has 2 unspecified atom stereocenters. The zero-order chi connectivity index (χ0) is 14.5. The maximum Gasteiger partial charge on any atom is 0.233 e. The van der Waals surface area contributed by atoms with Crippen LogP contribution in [0.3, 0.4) is 0 Å². The fourth-order valence-corrected chi connectivity index (χ4v) is 2.31. The summed E-state index contributed by atoms with van der Waals surface area (Å²) in [6.07, 6.45) is 2.66. The Morgan fingerprint density at radius 2 is 2.05 bits per heavy atom. The zero-order valence-corrected chi connectivity index (χ0v) is 12.2. The summed E-state index contributed by atoms with van der Waals surface area (Å²) in [5.74, 6) is 0.821. The van der Waals surface area contributed by atoms with Crippen LogP contribution in [0.1, 0.15) is 37.3 Å². The maximum atomic E-state index is 12.6. The van der Waals surface area contributed by atoms with E-state index in [4.69, 9.17) is 0 Å². The molecule has 1 aromatic carbocycles. The molecule has 0 saturated carbocycles. The van der Waals surface area contributed by atoms with Crippen LogP contribution < -0.4 is 5.32 Å². The molecule has 0 saturated heterocycles. The van der Waals surface area contributed by atoms with Gasteiger partial charge in [0.05, 0.1) is 12.1 Å². The van der Waals surface area contributed by atoms with Gasteiger partial charge in [-0.3, -0.25) is 9.89 Å². The highest BCUT2D eigenvalue weighted by Gasteiger charge is 2.26. The summed E-state index contributed by atoms with van der Waals surface area (Å²) in [4.78, 5) is 12.6. The van der Waals surface area contributed by atoms with Crippen molar-refractivity contribution in [3.05, 3.63) is 47.7 Å². The minimum Gasteiger partial charge on any atom is -0.310 e. The minimum absolute atomic E-state index is 0.0119. The molecular formula is C16H21N3O. The molecule has 2 aromatic rings. The standard InChI is InChI=1S/C16H21N3O/c1-4-11(2)14(13-8-6-5-7-9-13)16(20)18-15-12(3)10-17-19-15/h5-11,14H,4H2,1-3H3,(H2,17,18,19,20). The first-order valence-electron chi connectivity index (χ1n) is 6.99. The molecule has 0 spiro atoms. The van der Waals surface area contributed by atoms with Gasteiger partial charge in [0.15, 0.2) is 0 Å². The number of anilines is 1. The Balaban J connectivity index is 2.23. The van der Waals surface area contributed by atoms with Crippen molar-refractivity contribution in [2.24, 2.45) is 5.92 Å². The molecule has 1 aromatic heterocycles. The number of H-pyrrole nitrogens is 1. The average Bonchev–Trinajstić information content (AvgIpc) is 2.85. The van der Waals surface area contributed by atoms with Crippen LogP contribution in [-0.4, -0.2) is 16.1 Å². The largest absolute Gasteiger partial charge is 0.310 e. The average molecular weight is 271 g/mol. The van der Waals surface area contributed by atoms with Crippen molar-refractivity contribution in [2.75, 3.05) is 5.32 Å². The Kier molecular flexibility index (Phi) is 4.56. The number of aromatic amines is 1. The van der Waals surface area contributed by atoms with E-state index in [1.807, 2.05) is 37.3 Å². The highest BCUT2D eigenvalue weighted by molar-refractivity contribution is 5.95. The number of aromatic nitrogens is 2. The first-order valence-corrected chi connectivity index (χ1v) is 6.99. The number of benzene rings is 1. The van der Waals surface area contributed by atoms with Crippen LogP contribution in [0.5, 0.6) is 0 Å². The summed E-state index contributed by atoms with van der Waals surface area (Å²) in [5, 5.41) is 9.70. The van der Waals surface area contributed by atoms with Gasteiger partial charge in [0, 0.05) is 5.56 Å². The lowest BCUT2D eigenvalue weighted by Gasteiger charge is -2.22. The van der Waals surface area contributed by atoms with Crippen molar-refractivity contribution < 1.29 is 4.79 Å². The molecule has 0 fully saturated rings. The summed E-state index contributed by atoms with van der Waals surface area (Å²) in [6.45, 7) is 6.13. The lowest BCUT2D eigenvalue weighted by atomic mass is 9.85. The SMILES string of the molecule is CCC(C)C(C(=O)Nc1[nH]ncc1C)c1ccccc1. The fourth-order valence-electron chi connectivity index (χ4n) is 2.31. The number of nitrogens with zero attached hydrogens (tertiary/aromatic N) is 1. The van der Waals surface area contributed by atoms with E-state index in [0.717, 1.165) is 17.5 Å². The molecule has 2 atom stereocenters. The molecule has 4 nitrogen and oxygen atoms in total. The molecule has 0 aliphatic heterocycles. The Hall–Kier alpha value is -2.10. The molecule has 106 valence electrons. The van der Waals surface area contributed by atoms with Crippen molar-refractivity contribution in [3.63, 3.8) is 0 Å². The first kappa shape index (κ1) is 14.3. The third-order valence-electron chi connectivity index (χ3n) is 3.73. The second-order valence-electron chi connectivity index (χ2n) is 5.19. The Labute approximate surface area is 119 Å². The number of hydrogen-bond donors (Lipinski definition) is 2. The van der Waals surface area contributed by atoms with E-state index in [0.29, 0.717) is 5.82 Å². The van der Waals surface area contributed by atoms with Crippen LogP contribution in [0.15, 0.2) is 36.5 Å². The van der Waals surface area contributed by atoms with Crippen molar-refractivity contribution >= 4 is 11.7 Å². The van der Waals surface area contributed by atoms with E-state index in [9.17, 15) is 4.79 Å². The van der Waals surface area contributed by atoms with Gasteiger partial charge in [0.2, 0.25) is 5.91 Å². The molecule has 2 N–H and O–H groups in total. The van der Waals surface area contributed by atoms with Gasteiger partial charge in [-0.2, -0.15) is 5.10 Å².